The Bertz CT molecular complexity index is 1180. The van der Waals surface area contributed by atoms with Crippen LogP contribution in [0.3, 0.4) is 0 Å². The summed E-state index contributed by atoms with van der Waals surface area (Å²) in [5.74, 6) is -0.315. The van der Waals surface area contributed by atoms with Crippen LogP contribution in [0.1, 0.15) is 25.0 Å². The Balaban J connectivity index is 1.95. The van der Waals surface area contributed by atoms with Gasteiger partial charge in [0.15, 0.2) is 6.23 Å². The third kappa shape index (κ3) is 3.98. The van der Waals surface area contributed by atoms with Gasteiger partial charge >= 0.3 is 15.6 Å². The van der Waals surface area contributed by atoms with Gasteiger partial charge < -0.3 is 8.92 Å². The van der Waals surface area contributed by atoms with E-state index in [1.165, 1.54) is 19.1 Å². The third-order valence-corrected chi connectivity index (χ3v) is 7.03. The molecular formula is C18H18F3NO6S2. The molecule has 0 aliphatic carbocycles. The second-order valence-corrected chi connectivity index (χ2v) is 10.5. The molecule has 1 atom stereocenters. The van der Waals surface area contributed by atoms with Crippen molar-refractivity contribution in [2.75, 3.05) is 0 Å². The van der Waals surface area contributed by atoms with Crippen molar-refractivity contribution in [3.63, 3.8) is 0 Å². The van der Waals surface area contributed by atoms with Gasteiger partial charge in [0.25, 0.3) is 0 Å². The molecule has 30 heavy (non-hydrogen) atoms. The lowest BCUT2D eigenvalue weighted by Gasteiger charge is -2.26. The van der Waals surface area contributed by atoms with Crippen molar-refractivity contribution >= 4 is 20.1 Å². The Hall–Kier alpha value is -2.31. The lowest BCUT2D eigenvalue weighted by atomic mass is 9.84. The topological polar surface area (TPSA) is 98.8 Å². The highest BCUT2D eigenvalue weighted by Crippen LogP contribution is 2.46. The molecule has 0 aromatic heterocycles. The van der Waals surface area contributed by atoms with Crippen LogP contribution in [0.2, 0.25) is 0 Å². The average Bonchev–Trinajstić information content (AvgIpc) is 2.85. The molecule has 1 N–H and O–H groups in total. The summed E-state index contributed by atoms with van der Waals surface area (Å²) in [6.07, 6.45) is -1.09. The van der Waals surface area contributed by atoms with Gasteiger partial charge in [0.05, 0.1) is 4.90 Å². The summed E-state index contributed by atoms with van der Waals surface area (Å²) >= 11 is 0. The van der Waals surface area contributed by atoms with Crippen LogP contribution in [-0.2, 0) is 25.6 Å². The minimum absolute atomic E-state index is 0.0115. The number of aryl methyl sites for hydroxylation is 1. The molecule has 2 aromatic rings. The molecule has 0 bridgehead atoms. The van der Waals surface area contributed by atoms with Crippen molar-refractivity contribution in [3.8, 4) is 11.5 Å². The molecule has 2 aromatic carbocycles. The molecule has 0 saturated heterocycles. The summed E-state index contributed by atoms with van der Waals surface area (Å²) in [6.45, 7) is 4.70. The molecule has 1 aliphatic heterocycles. The van der Waals surface area contributed by atoms with Gasteiger partial charge in [-0.15, -0.1) is 0 Å². The van der Waals surface area contributed by atoms with E-state index in [0.29, 0.717) is 5.56 Å². The lowest BCUT2D eigenvalue weighted by molar-refractivity contribution is -0.0500. The number of fused-ring (bicyclic) bond motifs is 1. The van der Waals surface area contributed by atoms with Gasteiger partial charge in [0, 0.05) is 11.0 Å². The molecule has 7 nitrogen and oxygen atoms in total. The summed E-state index contributed by atoms with van der Waals surface area (Å²) < 4.78 is 98.3. The Labute approximate surface area is 172 Å². The first kappa shape index (κ1) is 22.4. The fourth-order valence-corrected chi connectivity index (χ4v) is 4.70. The van der Waals surface area contributed by atoms with Gasteiger partial charge in [0.1, 0.15) is 11.5 Å². The van der Waals surface area contributed by atoms with E-state index in [2.05, 4.69) is 8.91 Å². The Kier molecular flexibility index (Phi) is 5.32. The predicted octanol–water partition coefficient (Wildman–Crippen LogP) is 3.20. The highest BCUT2D eigenvalue weighted by molar-refractivity contribution is 7.89. The van der Waals surface area contributed by atoms with E-state index in [0.717, 1.165) is 12.1 Å². The molecule has 164 valence electrons. The summed E-state index contributed by atoms with van der Waals surface area (Å²) in [4.78, 5) is 0.0115. The molecule has 0 fully saturated rings. The number of nitrogens with one attached hydrogen (secondary N) is 1. The van der Waals surface area contributed by atoms with Crippen molar-refractivity contribution in [1.29, 1.82) is 0 Å². The fraction of sp³-hybridized carbons (Fsp3) is 0.333. The number of halogens is 3. The molecule has 0 radical (unpaired) electrons. The first-order valence-electron chi connectivity index (χ1n) is 8.55. The van der Waals surface area contributed by atoms with Crippen molar-refractivity contribution in [3.05, 3.63) is 53.6 Å². The van der Waals surface area contributed by atoms with Gasteiger partial charge in [-0.05, 0) is 36.8 Å². The smallest absolute Gasteiger partial charge is 0.473 e. The minimum Gasteiger partial charge on any atom is -0.473 e. The molecule has 1 aliphatic rings. The maximum absolute atomic E-state index is 12.7. The number of ether oxygens (including phenoxy) is 1. The maximum atomic E-state index is 12.7. The largest absolute Gasteiger partial charge is 0.534 e. The number of benzene rings is 2. The predicted molar refractivity (Wildman–Crippen MR) is 101 cm³/mol. The number of hydrogen-bond donors (Lipinski definition) is 1. The average molecular weight is 465 g/mol. The zero-order valence-electron chi connectivity index (χ0n) is 16.0. The first-order valence-corrected chi connectivity index (χ1v) is 11.4. The second-order valence-electron chi connectivity index (χ2n) is 7.25. The van der Waals surface area contributed by atoms with Crippen LogP contribution in [-0.4, -0.2) is 28.6 Å². The monoisotopic (exact) mass is 465 g/mol. The first-order chi connectivity index (χ1) is 13.6. The Morgan fingerprint density at radius 1 is 1.07 bits per heavy atom. The summed E-state index contributed by atoms with van der Waals surface area (Å²) in [7, 11) is -9.81. The quantitative estimate of drug-likeness (QED) is 0.538. The maximum Gasteiger partial charge on any atom is 0.534 e. The van der Waals surface area contributed by atoms with Gasteiger partial charge in [0.2, 0.25) is 10.0 Å². The number of sulfonamides is 1. The third-order valence-electron chi connectivity index (χ3n) is 4.64. The number of hydrogen-bond acceptors (Lipinski definition) is 6. The Morgan fingerprint density at radius 2 is 1.67 bits per heavy atom. The van der Waals surface area contributed by atoms with Crippen molar-refractivity contribution < 1.29 is 38.9 Å². The van der Waals surface area contributed by atoms with Crippen LogP contribution in [0.15, 0.2) is 47.4 Å². The number of rotatable bonds is 5. The minimum atomic E-state index is -5.85. The molecule has 0 amide bonds. The summed E-state index contributed by atoms with van der Waals surface area (Å²) in [5.41, 5.74) is -6.05. The van der Waals surface area contributed by atoms with Crippen LogP contribution in [0, 0.1) is 6.92 Å². The van der Waals surface area contributed by atoms with E-state index in [1.807, 2.05) is 0 Å². The molecule has 12 heteroatoms. The van der Waals surface area contributed by atoms with Crippen LogP contribution >= 0.6 is 0 Å². The molecular weight excluding hydrogens is 447 g/mol. The normalized spacial score (nSPS) is 18.5. The van der Waals surface area contributed by atoms with E-state index in [9.17, 15) is 30.0 Å². The zero-order chi connectivity index (χ0) is 22.5. The molecule has 1 unspecified atom stereocenters. The van der Waals surface area contributed by atoms with E-state index in [1.54, 1.807) is 32.0 Å². The van der Waals surface area contributed by atoms with Crippen molar-refractivity contribution in [2.24, 2.45) is 0 Å². The van der Waals surface area contributed by atoms with Crippen molar-refractivity contribution in [2.45, 2.75) is 42.8 Å². The van der Waals surface area contributed by atoms with E-state index in [-0.39, 0.29) is 16.2 Å². The van der Waals surface area contributed by atoms with Crippen LogP contribution in [0.5, 0.6) is 11.5 Å². The van der Waals surface area contributed by atoms with Crippen LogP contribution in [0.4, 0.5) is 13.2 Å². The molecule has 0 saturated carbocycles. The van der Waals surface area contributed by atoms with Gasteiger partial charge in [-0.2, -0.15) is 26.3 Å². The van der Waals surface area contributed by atoms with Gasteiger partial charge in [-0.1, -0.05) is 32.0 Å². The summed E-state index contributed by atoms with van der Waals surface area (Å²) in [6, 6.07) is 9.74. The highest BCUT2D eigenvalue weighted by Gasteiger charge is 2.49. The Morgan fingerprint density at radius 3 is 2.23 bits per heavy atom. The van der Waals surface area contributed by atoms with E-state index < -0.39 is 43.0 Å². The molecule has 0 spiro atoms. The van der Waals surface area contributed by atoms with Crippen LogP contribution < -0.4 is 13.6 Å². The van der Waals surface area contributed by atoms with Crippen molar-refractivity contribution in [1.82, 2.24) is 4.72 Å². The van der Waals surface area contributed by atoms with E-state index in [4.69, 9.17) is 4.74 Å². The van der Waals surface area contributed by atoms with Gasteiger partial charge in [-0.3, -0.25) is 0 Å². The lowest BCUT2D eigenvalue weighted by Crippen LogP contribution is -2.47. The standard InChI is InChI=1S/C18H18F3NO6S2/c1-11-9-12(28-30(25,26)18(19,20)21)10-14-15(11)27-16(17(14,2)3)22-29(23,24)13-7-5-4-6-8-13/h4-10,16,22H,1-3H3. The van der Waals surface area contributed by atoms with Gasteiger partial charge in [-0.25, -0.2) is 8.42 Å². The summed E-state index contributed by atoms with van der Waals surface area (Å²) in [5, 5.41) is 0. The molecule has 1 heterocycles. The van der Waals surface area contributed by atoms with Crippen LogP contribution in [0.25, 0.3) is 0 Å². The van der Waals surface area contributed by atoms with E-state index >= 15 is 0 Å². The second kappa shape index (κ2) is 7.13. The SMILES string of the molecule is Cc1cc(OS(=O)(=O)C(F)(F)F)cc2c1OC(NS(=O)(=O)c1ccccc1)C2(C)C. The zero-order valence-corrected chi connectivity index (χ0v) is 17.7. The fourth-order valence-electron chi connectivity index (χ4n) is 2.98. The molecule has 3 rings (SSSR count). The number of alkyl halides is 3. The highest BCUT2D eigenvalue weighted by atomic mass is 32.2.